The molecule has 0 unspecified atom stereocenters. The molecule has 0 aliphatic rings. The van der Waals surface area contributed by atoms with Gasteiger partial charge in [-0.2, -0.15) is 0 Å². The number of imidazole rings is 2. The van der Waals surface area contributed by atoms with Gasteiger partial charge in [0.1, 0.15) is 23.0 Å². The van der Waals surface area contributed by atoms with Crippen LogP contribution in [-0.2, 0) is 20.0 Å². The summed E-state index contributed by atoms with van der Waals surface area (Å²) in [6, 6.07) is 34.0. The molecule has 1 N–H and O–H groups in total. The lowest BCUT2D eigenvalue weighted by Crippen LogP contribution is -2.12. The highest BCUT2D eigenvalue weighted by Crippen LogP contribution is 2.32. The Kier molecular flexibility index (Phi) is 8.07. The quantitative estimate of drug-likeness (QED) is 0.126. The molecule has 0 atom stereocenters. The number of esters is 1. The minimum absolute atomic E-state index is 0.00479. The van der Waals surface area contributed by atoms with Gasteiger partial charge in [-0.25, -0.2) is 19.6 Å². The molecule has 8 heteroatoms. The number of fused-ring (bicyclic) bond motifs is 2. The average molecular weight is 635 g/mol. The molecule has 0 bridgehead atoms. The predicted octanol–water partition coefficient (Wildman–Crippen LogP) is 8.48. The lowest BCUT2D eigenvalue weighted by Gasteiger charge is -2.13. The number of para-hydroxylation sites is 3. The average Bonchev–Trinajstić information content (AvgIpc) is 3.62. The number of carbonyl (C=O) groups is 2. The molecule has 0 spiro atoms. The van der Waals surface area contributed by atoms with E-state index in [1.54, 1.807) is 24.3 Å². The second kappa shape index (κ2) is 12.6. The Morgan fingerprint density at radius 1 is 0.792 bits per heavy atom. The number of nitrogens with zero attached hydrogens (tertiary/aromatic N) is 4. The number of carboxylic acids is 1. The van der Waals surface area contributed by atoms with Crippen LogP contribution >= 0.6 is 0 Å². The third-order valence-corrected chi connectivity index (χ3v) is 8.72. The van der Waals surface area contributed by atoms with Gasteiger partial charge in [0.05, 0.1) is 27.6 Å². The molecule has 0 amide bonds. The number of aromatic carboxylic acids is 1. The van der Waals surface area contributed by atoms with Crippen molar-refractivity contribution < 1.29 is 19.4 Å². The molecule has 48 heavy (non-hydrogen) atoms. The smallest absolute Gasteiger partial charge is 0.344 e. The van der Waals surface area contributed by atoms with Crippen molar-refractivity contribution in [2.75, 3.05) is 0 Å². The van der Waals surface area contributed by atoms with Crippen LogP contribution in [-0.4, -0.2) is 36.1 Å². The summed E-state index contributed by atoms with van der Waals surface area (Å²) in [5.41, 5.74) is 9.19. The van der Waals surface area contributed by atoms with Crippen LogP contribution in [0.5, 0.6) is 5.75 Å². The lowest BCUT2D eigenvalue weighted by atomic mass is 9.98. The van der Waals surface area contributed by atoms with Gasteiger partial charge in [-0.3, -0.25) is 0 Å². The molecule has 0 aliphatic carbocycles. The van der Waals surface area contributed by atoms with Crippen LogP contribution in [0.15, 0.2) is 109 Å². The van der Waals surface area contributed by atoms with Gasteiger partial charge in [0, 0.05) is 25.6 Å². The van der Waals surface area contributed by atoms with Crippen LogP contribution in [0.25, 0.3) is 44.6 Å². The summed E-state index contributed by atoms with van der Waals surface area (Å²) in [4.78, 5) is 35.0. The van der Waals surface area contributed by atoms with Gasteiger partial charge in [0.15, 0.2) is 0 Å². The summed E-state index contributed by atoms with van der Waals surface area (Å²) in [6.45, 7) is 4.91. The van der Waals surface area contributed by atoms with Crippen molar-refractivity contribution in [3.63, 3.8) is 0 Å². The molecule has 2 aromatic heterocycles. The van der Waals surface area contributed by atoms with Crippen molar-refractivity contribution in [2.45, 2.75) is 33.2 Å². The molecule has 5 aromatic carbocycles. The molecule has 2 heterocycles. The number of carboxylic acid groups (broad SMARTS) is 1. The number of benzene rings is 5. The van der Waals surface area contributed by atoms with Gasteiger partial charge in [0.25, 0.3) is 0 Å². The Hall–Kier alpha value is -6.02. The third kappa shape index (κ3) is 5.62. The highest BCUT2D eigenvalue weighted by atomic mass is 16.5. The molecule has 238 valence electrons. The molecule has 8 nitrogen and oxygen atoms in total. The number of aromatic nitrogens is 4. The molecular weight excluding hydrogens is 600 g/mol. The monoisotopic (exact) mass is 634 g/mol. The highest BCUT2D eigenvalue weighted by Gasteiger charge is 2.20. The maximum Gasteiger partial charge on any atom is 0.344 e. The summed E-state index contributed by atoms with van der Waals surface area (Å²) >= 11 is 0. The molecular formula is C40H34N4O4. The van der Waals surface area contributed by atoms with Crippen molar-refractivity contribution in [3.05, 3.63) is 137 Å². The minimum Gasteiger partial charge on any atom is -0.478 e. The Morgan fingerprint density at radius 3 is 2.25 bits per heavy atom. The van der Waals surface area contributed by atoms with Gasteiger partial charge in [0.2, 0.25) is 0 Å². The minimum atomic E-state index is -1.16. The SMILES string of the molecule is CCCc1nc2c(C)cc(-c3nc4ccccc4n3C)cc2n1Cc1ccc(-c2ccccc2C(=O)Oc2ccccc2C(=O)O)cc1. The van der Waals surface area contributed by atoms with E-state index in [9.17, 15) is 14.7 Å². The first-order valence-electron chi connectivity index (χ1n) is 16.0. The molecule has 7 rings (SSSR count). The van der Waals surface area contributed by atoms with Crippen LogP contribution < -0.4 is 4.74 Å². The van der Waals surface area contributed by atoms with Crippen LogP contribution in [0, 0.1) is 6.92 Å². The van der Waals surface area contributed by atoms with E-state index in [0.29, 0.717) is 17.7 Å². The summed E-state index contributed by atoms with van der Waals surface area (Å²) in [7, 11) is 2.05. The first kappa shape index (κ1) is 30.6. The largest absolute Gasteiger partial charge is 0.478 e. The van der Waals surface area contributed by atoms with Crippen molar-refractivity contribution in [3.8, 4) is 28.3 Å². The van der Waals surface area contributed by atoms with E-state index < -0.39 is 11.9 Å². The lowest BCUT2D eigenvalue weighted by molar-refractivity contribution is 0.0681. The Balaban J connectivity index is 1.21. The maximum absolute atomic E-state index is 13.3. The summed E-state index contributed by atoms with van der Waals surface area (Å²) in [6.07, 6.45) is 1.83. The fraction of sp³-hybridized carbons (Fsp3) is 0.150. The van der Waals surface area contributed by atoms with Crippen LogP contribution in [0.4, 0.5) is 0 Å². The van der Waals surface area contributed by atoms with Crippen LogP contribution in [0.1, 0.15) is 51.0 Å². The first-order chi connectivity index (χ1) is 23.3. The van der Waals surface area contributed by atoms with Gasteiger partial charge in [-0.15, -0.1) is 0 Å². The second-order valence-corrected chi connectivity index (χ2v) is 11.9. The van der Waals surface area contributed by atoms with Crippen LogP contribution in [0.2, 0.25) is 0 Å². The van der Waals surface area contributed by atoms with E-state index in [1.807, 2.05) is 42.5 Å². The molecule has 0 aliphatic heterocycles. The zero-order chi connectivity index (χ0) is 33.4. The van der Waals surface area contributed by atoms with Crippen molar-refractivity contribution in [1.82, 2.24) is 19.1 Å². The van der Waals surface area contributed by atoms with Crippen molar-refractivity contribution in [2.24, 2.45) is 7.05 Å². The zero-order valence-corrected chi connectivity index (χ0v) is 27.0. The summed E-state index contributed by atoms with van der Waals surface area (Å²) in [5.74, 6) is 0.177. The molecule has 0 radical (unpaired) electrons. The second-order valence-electron chi connectivity index (χ2n) is 11.9. The van der Waals surface area contributed by atoms with Crippen LogP contribution in [0.3, 0.4) is 0 Å². The molecule has 0 saturated carbocycles. The zero-order valence-electron chi connectivity index (χ0n) is 27.0. The fourth-order valence-electron chi connectivity index (χ4n) is 6.34. The standard InChI is InChI=1S/C40H34N4O4/c1-4-11-36-42-37-25(2)22-28(38-41-32-15-8-9-16-33(32)43(38)3)23-34(37)44(36)24-26-18-20-27(21-19-26)29-12-5-6-13-30(29)40(47)48-35-17-10-7-14-31(35)39(45)46/h5-10,12-23H,4,11,24H2,1-3H3,(H,45,46). The molecule has 0 fully saturated rings. The maximum atomic E-state index is 13.3. The van der Waals surface area contributed by atoms with E-state index in [1.165, 1.54) is 12.1 Å². The number of ether oxygens (including phenoxy) is 1. The Labute approximate surface area is 277 Å². The normalized spacial score (nSPS) is 11.3. The van der Waals surface area contributed by atoms with Gasteiger partial charge in [-0.05, 0) is 78.1 Å². The van der Waals surface area contributed by atoms with E-state index in [-0.39, 0.29) is 11.3 Å². The number of aryl methyl sites for hydroxylation is 3. The highest BCUT2D eigenvalue weighted by molar-refractivity contribution is 6.00. The van der Waals surface area contributed by atoms with E-state index in [4.69, 9.17) is 14.7 Å². The van der Waals surface area contributed by atoms with Crippen molar-refractivity contribution in [1.29, 1.82) is 0 Å². The Bertz CT molecular complexity index is 2330. The summed E-state index contributed by atoms with van der Waals surface area (Å²) in [5, 5.41) is 9.52. The predicted molar refractivity (Wildman–Crippen MR) is 188 cm³/mol. The number of rotatable bonds is 9. The van der Waals surface area contributed by atoms with E-state index >= 15 is 0 Å². The van der Waals surface area contributed by atoms with Gasteiger partial charge >= 0.3 is 11.9 Å². The van der Waals surface area contributed by atoms with Gasteiger partial charge in [-0.1, -0.05) is 73.7 Å². The number of hydrogen-bond acceptors (Lipinski definition) is 5. The summed E-state index contributed by atoms with van der Waals surface area (Å²) < 4.78 is 10.0. The Morgan fingerprint density at radius 2 is 1.50 bits per heavy atom. The first-order valence-corrected chi connectivity index (χ1v) is 16.0. The van der Waals surface area contributed by atoms with Crippen molar-refractivity contribution >= 4 is 34.0 Å². The fourth-order valence-corrected chi connectivity index (χ4v) is 6.34. The van der Waals surface area contributed by atoms with E-state index in [2.05, 4.69) is 60.4 Å². The van der Waals surface area contributed by atoms with Gasteiger partial charge < -0.3 is 19.0 Å². The third-order valence-electron chi connectivity index (χ3n) is 8.72. The van der Waals surface area contributed by atoms with E-state index in [0.717, 1.165) is 68.8 Å². The number of hydrogen-bond donors (Lipinski definition) is 1. The number of carbonyl (C=O) groups excluding carboxylic acids is 1. The topological polar surface area (TPSA) is 99.2 Å². The molecule has 7 aromatic rings. The molecule has 0 saturated heterocycles.